The molecule has 8 unspecified atom stereocenters. The van der Waals surface area contributed by atoms with Gasteiger partial charge in [-0.15, -0.1) is 0 Å². The second kappa shape index (κ2) is 6.48. The summed E-state index contributed by atoms with van der Waals surface area (Å²) in [5.74, 6) is -2.06. The molecule has 2 saturated carbocycles. The Hall–Kier alpha value is -1.69. The molecule has 0 aromatic rings. The summed E-state index contributed by atoms with van der Waals surface area (Å²) >= 11 is 0. The minimum absolute atomic E-state index is 0.0290. The molecule has 0 aromatic heterocycles. The molecule has 1 N–H and O–H groups in total. The number of carbonyl (C=O) groups excluding carboxylic acids is 3. The van der Waals surface area contributed by atoms with Crippen LogP contribution in [-0.2, 0) is 23.9 Å². The molecule has 1 aliphatic heterocycles. The van der Waals surface area contributed by atoms with Crippen LogP contribution < -0.4 is 0 Å². The van der Waals surface area contributed by atoms with Crippen LogP contribution in [0.15, 0.2) is 11.6 Å². The lowest BCUT2D eigenvalue weighted by Crippen LogP contribution is -2.48. The quantitative estimate of drug-likeness (QED) is 0.596. The average molecular weight is 364 g/mol. The second-order valence-corrected chi connectivity index (χ2v) is 8.63. The van der Waals surface area contributed by atoms with Crippen molar-refractivity contribution in [2.45, 2.75) is 65.8 Å². The van der Waals surface area contributed by atoms with Crippen molar-refractivity contribution in [3.63, 3.8) is 0 Å². The number of rotatable bonds is 2. The normalized spacial score (nSPS) is 44.6. The highest BCUT2D eigenvalue weighted by molar-refractivity contribution is 5.90. The molecule has 144 valence electrons. The van der Waals surface area contributed by atoms with Gasteiger partial charge >= 0.3 is 11.9 Å². The van der Waals surface area contributed by atoms with Gasteiger partial charge in [0, 0.05) is 24.3 Å². The number of fused-ring (bicyclic) bond motifs is 2. The fourth-order valence-corrected chi connectivity index (χ4v) is 5.36. The molecule has 0 radical (unpaired) electrons. The van der Waals surface area contributed by atoms with Gasteiger partial charge in [-0.05, 0) is 33.1 Å². The van der Waals surface area contributed by atoms with Crippen molar-refractivity contribution in [3.8, 4) is 0 Å². The van der Waals surface area contributed by atoms with E-state index >= 15 is 0 Å². The molecule has 3 fully saturated rings. The van der Waals surface area contributed by atoms with E-state index in [0.29, 0.717) is 6.42 Å². The van der Waals surface area contributed by atoms with Gasteiger partial charge in [0.05, 0.1) is 17.4 Å². The predicted molar refractivity (Wildman–Crippen MR) is 92.9 cm³/mol. The summed E-state index contributed by atoms with van der Waals surface area (Å²) in [6.07, 6.45) is 0.116. The van der Waals surface area contributed by atoms with Crippen LogP contribution in [0.4, 0.5) is 0 Å². The third-order valence-corrected chi connectivity index (χ3v) is 6.60. The Labute approximate surface area is 153 Å². The molecule has 0 aromatic carbocycles. The highest BCUT2D eigenvalue weighted by atomic mass is 16.6. The third-order valence-electron chi connectivity index (χ3n) is 6.60. The first-order valence-electron chi connectivity index (χ1n) is 9.34. The molecular formula is C20H28O6. The van der Waals surface area contributed by atoms with Crippen molar-refractivity contribution < 1.29 is 29.0 Å². The van der Waals surface area contributed by atoms with Crippen LogP contribution in [0.25, 0.3) is 0 Å². The molecule has 6 heteroatoms. The first-order valence-corrected chi connectivity index (χ1v) is 9.34. The monoisotopic (exact) mass is 364 g/mol. The van der Waals surface area contributed by atoms with Gasteiger partial charge in [-0.2, -0.15) is 0 Å². The Morgan fingerprint density at radius 2 is 1.96 bits per heavy atom. The first-order chi connectivity index (χ1) is 12.1. The van der Waals surface area contributed by atoms with Crippen molar-refractivity contribution in [2.75, 3.05) is 0 Å². The molecule has 0 bridgehead atoms. The largest absolute Gasteiger partial charge is 0.462 e. The number of ether oxygens (including phenoxy) is 2. The topological polar surface area (TPSA) is 89.9 Å². The molecule has 1 saturated heterocycles. The van der Waals surface area contributed by atoms with Gasteiger partial charge in [0.1, 0.15) is 18.0 Å². The fraction of sp³-hybridized carbons (Fsp3) is 0.750. The van der Waals surface area contributed by atoms with Gasteiger partial charge < -0.3 is 14.6 Å². The summed E-state index contributed by atoms with van der Waals surface area (Å²) in [7, 11) is 0. The van der Waals surface area contributed by atoms with Crippen molar-refractivity contribution in [3.05, 3.63) is 11.6 Å². The zero-order valence-electron chi connectivity index (χ0n) is 16.0. The molecule has 26 heavy (non-hydrogen) atoms. The maximum Gasteiger partial charge on any atom is 0.330 e. The number of ketones is 1. The molecule has 3 aliphatic rings. The minimum Gasteiger partial charge on any atom is -0.462 e. The highest BCUT2D eigenvalue weighted by Crippen LogP contribution is 2.56. The Balaban J connectivity index is 1.95. The van der Waals surface area contributed by atoms with E-state index in [1.54, 1.807) is 27.7 Å². The second-order valence-electron chi connectivity index (χ2n) is 8.63. The molecular weight excluding hydrogens is 336 g/mol. The van der Waals surface area contributed by atoms with Gasteiger partial charge in [0.2, 0.25) is 0 Å². The number of hydrogen-bond acceptors (Lipinski definition) is 6. The van der Waals surface area contributed by atoms with Crippen molar-refractivity contribution in [2.24, 2.45) is 29.1 Å². The predicted octanol–water partition coefficient (Wildman–Crippen LogP) is 2.04. The van der Waals surface area contributed by atoms with Gasteiger partial charge in [-0.3, -0.25) is 9.59 Å². The Bertz CT molecular complexity index is 663. The van der Waals surface area contributed by atoms with Crippen LogP contribution >= 0.6 is 0 Å². The van der Waals surface area contributed by atoms with Crippen molar-refractivity contribution >= 4 is 17.7 Å². The van der Waals surface area contributed by atoms with E-state index in [0.717, 1.165) is 5.57 Å². The van der Waals surface area contributed by atoms with E-state index < -0.39 is 41.5 Å². The molecule has 1 heterocycles. The van der Waals surface area contributed by atoms with E-state index in [-0.39, 0.29) is 30.0 Å². The maximum absolute atomic E-state index is 12.9. The van der Waals surface area contributed by atoms with Crippen LogP contribution in [0.5, 0.6) is 0 Å². The number of allylic oxidation sites excluding steroid dienone is 1. The molecule has 0 spiro atoms. The van der Waals surface area contributed by atoms with Gasteiger partial charge in [-0.1, -0.05) is 19.4 Å². The molecule has 3 rings (SSSR count). The van der Waals surface area contributed by atoms with Crippen molar-refractivity contribution in [1.82, 2.24) is 0 Å². The summed E-state index contributed by atoms with van der Waals surface area (Å²) in [5.41, 5.74) is -0.219. The summed E-state index contributed by atoms with van der Waals surface area (Å²) in [6.45, 7) is 9.10. The number of aliphatic hydroxyl groups is 1. The summed E-state index contributed by atoms with van der Waals surface area (Å²) in [4.78, 5) is 37.1. The number of hydrogen-bond donors (Lipinski definition) is 1. The zero-order valence-corrected chi connectivity index (χ0v) is 16.0. The van der Waals surface area contributed by atoms with Gasteiger partial charge in [-0.25, -0.2) is 4.79 Å². The molecule has 0 amide bonds. The van der Waals surface area contributed by atoms with Crippen LogP contribution in [0.2, 0.25) is 0 Å². The van der Waals surface area contributed by atoms with E-state index in [1.807, 2.05) is 6.92 Å². The van der Waals surface area contributed by atoms with E-state index in [9.17, 15) is 19.5 Å². The van der Waals surface area contributed by atoms with Crippen LogP contribution in [0.3, 0.4) is 0 Å². The van der Waals surface area contributed by atoms with Crippen LogP contribution in [0.1, 0.15) is 47.5 Å². The summed E-state index contributed by atoms with van der Waals surface area (Å²) < 4.78 is 11.1. The van der Waals surface area contributed by atoms with Gasteiger partial charge in [0.15, 0.2) is 0 Å². The lowest BCUT2D eigenvalue weighted by atomic mass is 9.67. The highest BCUT2D eigenvalue weighted by Gasteiger charge is 2.65. The smallest absolute Gasteiger partial charge is 0.330 e. The van der Waals surface area contributed by atoms with E-state index in [2.05, 4.69) is 0 Å². The number of aliphatic hydroxyl groups excluding tert-OH is 1. The number of carbonyl (C=O) groups is 3. The summed E-state index contributed by atoms with van der Waals surface area (Å²) in [6, 6.07) is 0. The fourth-order valence-electron chi connectivity index (χ4n) is 5.36. The number of esters is 2. The maximum atomic E-state index is 12.9. The first kappa shape index (κ1) is 19.1. The minimum atomic E-state index is -1.04. The SMILES string of the molecule is CC(C)=CC(=O)OC1CC(=O)C2(C)C(O)C3C(CC(C)C12)OC(=O)C3C. The van der Waals surface area contributed by atoms with Crippen LogP contribution in [0, 0.1) is 29.1 Å². The third kappa shape index (κ3) is 2.79. The van der Waals surface area contributed by atoms with Crippen LogP contribution in [-0.4, -0.2) is 41.1 Å². The Kier molecular flexibility index (Phi) is 4.76. The van der Waals surface area contributed by atoms with E-state index in [1.165, 1.54) is 6.08 Å². The standard InChI is InChI=1S/C20H28O6/c1-9(2)6-15(22)25-13-8-14(21)20(5)17(13)10(3)7-12-16(18(20)23)11(4)19(24)26-12/h6,10-13,16-18,23H,7-8H2,1-5H3. The van der Waals surface area contributed by atoms with Crippen molar-refractivity contribution in [1.29, 1.82) is 0 Å². The lowest BCUT2D eigenvalue weighted by molar-refractivity contribution is -0.150. The summed E-state index contributed by atoms with van der Waals surface area (Å²) in [5, 5.41) is 11.2. The Morgan fingerprint density at radius 1 is 1.31 bits per heavy atom. The molecule has 8 atom stereocenters. The molecule has 6 nitrogen and oxygen atoms in total. The Morgan fingerprint density at radius 3 is 2.58 bits per heavy atom. The average Bonchev–Trinajstić information content (AvgIpc) is 2.89. The zero-order chi connectivity index (χ0) is 19.4. The molecule has 2 aliphatic carbocycles. The van der Waals surface area contributed by atoms with E-state index in [4.69, 9.17) is 9.47 Å². The van der Waals surface area contributed by atoms with Gasteiger partial charge in [0.25, 0.3) is 0 Å². The lowest BCUT2D eigenvalue weighted by Gasteiger charge is -2.39. The number of Topliss-reactive ketones (excluding diaryl/α,β-unsaturated/α-hetero) is 1.